The van der Waals surface area contributed by atoms with Crippen molar-refractivity contribution < 1.29 is 29.0 Å². The standard InChI is InChI=1S/C31H39N3O6Si/c1-20-29(41(2,3)39)26(18-28(37)33-15-7-11-23(33)19-35)40-31(20)24-17-22(32-16-8-12-27(32)36)13-14-25(24)34(30(31)38)21-9-5-4-6-10-21/h4-6,9-10,13-14,17,20,23,26,29,35,39H,7-8,11-12,15-16,18-19H2,1-3H3/t20-,23+,26+,29-,31+/m1/s1. The molecule has 0 radical (unpaired) electrons. The molecule has 3 amide bonds. The van der Waals surface area contributed by atoms with Crippen molar-refractivity contribution in [3.05, 3.63) is 54.1 Å². The van der Waals surface area contributed by atoms with Crippen LogP contribution in [0.3, 0.4) is 0 Å². The number of aliphatic hydroxyl groups is 1. The largest absolute Gasteiger partial charge is 0.432 e. The summed E-state index contributed by atoms with van der Waals surface area (Å²) in [5.74, 6) is -0.744. The number of benzene rings is 2. The van der Waals surface area contributed by atoms with E-state index in [1.807, 2.05) is 68.5 Å². The van der Waals surface area contributed by atoms with E-state index < -0.39 is 31.5 Å². The number of carbonyl (C=O) groups excluding carboxylic acids is 3. The number of ether oxygens (including phenoxy) is 1. The molecule has 0 aromatic heterocycles. The highest BCUT2D eigenvalue weighted by atomic mass is 28.4. The van der Waals surface area contributed by atoms with E-state index in [4.69, 9.17) is 4.74 Å². The normalized spacial score (nSPS) is 29.7. The fourth-order valence-corrected chi connectivity index (χ4v) is 10.3. The lowest BCUT2D eigenvalue weighted by Crippen LogP contribution is -2.45. The minimum absolute atomic E-state index is 0.0303. The summed E-state index contributed by atoms with van der Waals surface area (Å²) >= 11 is 0. The van der Waals surface area contributed by atoms with Crippen LogP contribution in [0.25, 0.3) is 0 Å². The van der Waals surface area contributed by atoms with Gasteiger partial charge in [0.2, 0.25) is 11.8 Å². The van der Waals surface area contributed by atoms with Crippen molar-refractivity contribution in [2.75, 3.05) is 29.5 Å². The number of anilines is 3. The Morgan fingerprint density at radius 3 is 2.49 bits per heavy atom. The molecule has 10 heteroatoms. The number of amides is 3. The van der Waals surface area contributed by atoms with E-state index in [1.165, 1.54) is 0 Å². The summed E-state index contributed by atoms with van der Waals surface area (Å²) in [6.07, 6.45) is 2.23. The molecule has 0 aliphatic carbocycles. The number of rotatable bonds is 6. The highest BCUT2D eigenvalue weighted by molar-refractivity contribution is 6.71. The monoisotopic (exact) mass is 577 g/mol. The Kier molecular flexibility index (Phi) is 7.08. The predicted octanol–water partition coefficient (Wildman–Crippen LogP) is 3.66. The van der Waals surface area contributed by atoms with Gasteiger partial charge in [0.15, 0.2) is 13.9 Å². The summed E-state index contributed by atoms with van der Waals surface area (Å²) in [4.78, 5) is 57.6. The van der Waals surface area contributed by atoms with Crippen molar-refractivity contribution in [3.63, 3.8) is 0 Å². The van der Waals surface area contributed by atoms with Crippen LogP contribution in [-0.4, -0.2) is 72.7 Å². The van der Waals surface area contributed by atoms with Gasteiger partial charge in [-0.15, -0.1) is 0 Å². The summed E-state index contributed by atoms with van der Waals surface area (Å²) in [6.45, 7) is 6.76. The first-order valence-corrected chi connectivity index (χ1v) is 17.8. The molecule has 3 fully saturated rings. The van der Waals surface area contributed by atoms with Crippen molar-refractivity contribution >= 4 is 43.1 Å². The smallest absolute Gasteiger partial charge is 0.268 e. The van der Waals surface area contributed by atoms with Gasteiger partial charge < -0.3 is 24.4 Å². The summed E-state index contributed by atoms with van der Waals surface area (Å²) in [6, 6.07) is 14.9. The molecule has 6 rings (SSSR count). The third-order valence-corrected chi connectivity index (χ3v) is 12.1. The molecule has 41 heavy (non-hydrogen) atoms. The molecule has 4 aliphatic rings. The molecule has 218 valence electrons. The molecule has 3 saturated heterocycles. The van der Waals surface area contributed by atoms with Crippen molar-refractivity contribution in [1.29, 1.82) is 0 Å². The number of para-hydroxylation sites is 1. The average molecular weight is 578 g/mol. The number of carbonyl (C=O) groups is 3. The molecular formula is C31H39N3O6Si. The Morgan fingerprint density at radius 2 is 1.83 bits per heavy atom. The van der Waals surface area contributed by atoms with E-state index in [0.29, 0.717) is 36.4 Å². The second kappa shape index (κ2) is 10.3. The summed E-state index contributed by atoms with van der Waals surface area (Å²) in [5, 5.41) is 9.82. The van der Waals surface area contributed by atoms with Gasteiger partial charge in [-0.1, -0.05) is 25.1 Å². The maximum Gasteiger partial charge on any atom is 0.268 e. The SMILES string of the molecule is C[C@@H]1[C@@H]([Si](C)(C)O)[C@H](CC(=O)N2CCC[C@H]2CO)O[C@@]12C(=O)N(c1ccccc1)c1ccc(N3CCCC3=O)cc12. The molecule has 0 bridgehead atoms. The predicted molar refractivity (Wildman–Crippen MR) is 157 cm³/mol. The third-order valence-electron chi connectivity index (χ3n) is 9.56. The Labute approximate surface area is 241 Å². The minimum Gasteiger partial charge on any atom is -0.432 e. The van der Waals surface area contributed by atoms with Gasteiger partial charge in [-0.3, -0.25) is 19.3 Å². The van der Waals surface area contributed by atoms with E-state index in [1.54, 1.807) is 14.7 Å². The van der Waals surface area contributed by atoms with Crippen molar-refractivity contribution in [2.24, 2.45) is 5.92 Å². The van der Waals surface area contributed by atoms with Crippen LogP contribution in [0.2, 0.25) is 18.6 Å². The quantitative estimate of drug-likeness (QED) is 0.507. The zero-order valence-corrected chi connectivity index (χ0v) is 25.0. The van der Waals surface area contributed by atoms with Crippen molar-refractivity contribution in [1.82, 2.24) is 4.90 Å². The van der Waals surface area contributed by atoms with Gasteiger partial charge in [0.25, 0.3) is 5.91 Å². The van der Waals surface area contributed by atoms with Gasteiger partial charge in [0.1, 0.15) is 0 Å². The number of nitrogens with zero attached hydrogens (tertiary/aromatic N) is 3. The van der Waals surface area contributed by atoms with Crippen LogP contribution in [0.5, 0.6) is 0 Å². The molecule has 2 aromatic rings. The lowest BCUT2D eigenvalue weighted by molar-refractivity contribution is -0.149. The van der Waals surface area contributed by atoms with Gasteiger partial charge in [-0.25, -0.2) is 0 Å². The second-order valence-electron chi connectivity index (χ2n) is 12.5. The van der Waals surface area contributed by atoms with Crippen LogP contribution in [0, 0.1) is 5.92 Å². The van der Waals surface area contributed by atoms with Crippen LogP contribution in [0.4, 0.5) is 17.1 Å². The van der Waals surface area contributed by atoms with Gasteiger partial charge in [-0.05, 0) is 62.7 Å². The fourth-order valence-electron chi connectivity index (χ4n) is 7.76. The Bertz CT molecular complexity index is 1360. The summed E-state index contributed by atoms with van der Waals surface area (Å²) in [5.41, 5.74) is 0.967. The fraction of sp³-hybridized carbons (Fsp3) is 0.516. The number of hydrogen-bond acceptors (Lipinski definition) is 6. The number of likely N-dealkylation sites (tertiary alicyclic amines) is 1. The van der Waals surface area contributed by atoms with Gasteiger partial charge in [0, 0.05) is 47.9 Å². The van der Waals surface area contributed by atoms with Crippen LogP contribution < -0.4 is 9.80 Å². The second-order valence-corrected chi connectivity index (χ2v) is 16.4. The first-order chi connectivity index (χ1) is 19.6. The van der Waals surface area contributed by atoms with Crippen LogP contribution >= 0.6 is 0 Å². The molecule has 2 N–H and O–H groups in total. The zero-order valence-electron chi connectivity index (χ0n) is 24.0. The zero-order chi connectivity index (χ0) is 29.1. The Hall–Kier alpha value is -3.05. The van der Waals surface area contributed by atoms with Crippen molar-refractivity contribution in [2.45, 2.75) is 75.4 Å². The topological polar surface area (TPSA) is 111 Å². The van der Waals surface area contributed by atoms with Crippen LogP contribution in [0.1, 0.15) is 44.6 Å². The van der Waals surface area contributed by atoms with Gasteiger partial charge >= 0.3 is 0 Å². The molecule has 0 saturated carbocycles. The van der Waals surface area contributed by atoms with E-state index >= 15 is 0 Å². The van der Waals surface area contributed by atoms with E-state index in [-0.39, 0.29) is 36.8 Å². The van der Waals surface area contributed by atoms with E-state index in [9.17, 15) is 24.3 Å². The lowest BCUT2D eigenvalue weighted by atomic mass is 9.82. The minimum atomic E-state index is -2.96. The number of fused-ring (bicyclic) bond motifs is 2. The Balaban J connectivity index is 1.46. The summed E-state index contributed by atoms with van der Waals surface area (Å²) < 4.78 is 6.87. The Morgan fingerprint density at radius 1 is 1.07 bits per heavy atom. The molecule has 4 aliphatic heterocycles. The van der Waals surface area contributed by atoms with Crippen LogP contribution in [-0.2, 0) is 24.7 Å². The maximum atomic E-state index is 14.7. The number of aliphatic hydroxyl groups excluding tert-OH is 1. The molecule has 2 aromatic carbocycles. The van der Waals surface area contributed by atoms with Crippen molar-refractivity contribution in [3.8, 4) is 0 Å². The highest BCUT2D eigenvalue weighted by Crippen LogP contribution is 2.61. The first kappa shape index (κ1) is 28.1. The molecule has 0 unspecified atom stereocenters. The van der Waals surface area contributed by atoms with Gasteiger partial charge in [-0.2, -0.15) is 0 Å². The maximum absolute atomic E-state index is 14.7. The molecular weight excluding hydrogens is 538 g/mol. The molecule has 5 atom stereocenters. The molecule has 4 heterocycles. The average Bonchev–Trinajstić information content (AvgIpc) is 3.70. The molecule has 9 nitrogen and oxygen atoms in total. The van der Waals surface area contributed by atoms with Gasteiger partial charge in [0.05, 0.1) is 30.9 Å². The molecule has 1 spiro atoms. The first-order valence-electron chi connectivity index (χ1n) is 14.7. The summed E-state index contributed by atoms with van der Waals surface area (Å²) in [7, 11) is -2.96. The lowest BCUT2D eigenvalue weighted by Gasteiger charge is -2.33. The van der Waals surface area contributed by atoms with E-state index in [0.717, 1.165) is 24.9 Å². The highest BCUT2D eigenvalue weighted by Gasteiger charge is 2.67. The third kappa shape index (κ3) is 4.43. The number of hydrogen-bond donors (Lipinski definition) is 2. The van der Waals surface area contributed by atoms with E-state index in [2.05, 4.69) is 0 Å². The van der Waals surface area contributed by atoms with Crippen LogP contribution in [0.15, 0.2) is 48.5 Å².